The molecule has 0 saturated carbocycles. The van der Waals surface area contributed by atoms with Crippen LogP contribution in [-0.2, 0) is 10.0 Å². The van der Waals surface area contributed by atoms with Crippen LogP contribution >= 0.6 is 24.2 Å². The molecule has 1 N–H and O–H groups in total. The van der Waals surface area contributed by atoms with Crippen molar-refractivity contribution >= 4 is 34.2 Å². The van der Waals surface area contributed by atoms with Gasteiger partial charge in [0, 0.05) is 30.1 Å². The molecule has 0 amide bonds. The van der Waals surface area contributed by atoms with E-state index < -0.39 is 10.0 Å². The van der Waals surface area contributed by atoms with Crippen molar-refractivity contribution in [1.29, 1.82) is 0 Å². The maximum atomic E-state index is 12.9. The van der Waals surface area contributed by atoms with Crippen LogP contribution in [0.2, 0.25) is 0 Å². The van der Waals surface area contributed by atoms with E-state index in [0.717, 1.165) is 17.7 Å². The summed E-state index contributed by atoms with van der Waals surface area (Å²) < 4.78 is 27.4. The van der Waals surface area contributed by atoms with Crippen LogP contribution in [0.4, 0.5) is 0 Å². The zero-order valence-corrected chi connectivity index (χ0v) is 14.4. The zero-order valence-electron chi connectivity index (χ0n) is 12.0. The molecule has 118 valence electrons. The highest BCUT2D eigenvalue weighted by atomic mass is 35.5. The summed E-state index contributed by atoms with van der Waals surface area (Å²) in [4.78, 5) is 1.28. The quantitative estimate of drug-likeness (QED) is 0.852. The van der Waals surface area contributed by atoms with Gasteiger partial charge >= 0.3 is 0 Å². The van der Waals surface area contributed by atoms with Gasteiger partial charge in [-0.2, -0.15) is 4.31 Å². The number of nitrogens with zero attached hydrogens (tertiary/aromatic N) is 1. The van der Waals surface area contributed by atoms with Crippen molar-refractivity contribution in [1.82, 2.24) is 9.62 Å². The third kappa shape index (κ3) is 3.40. The van der Waals surface area contributed by atoms with Gasteiger partial charge in [0.2, 0.25) is 10.0 Å². The second-order valence-electron chi connectivity index (χ2n) is 5.44. The lowest BCUT2D eigenvalue weighted by atomic mass is 10.1. The summed E-state index contributed by atoms with van der Waals surface area (Å²) in [5, 5.41) is 3.52. The average molecular weight is 349 g/mol. The van der Waals surface area contributed by atoms with Crippen molar-refractivity contribution in [3.8, 4) is 0 Å². The Hall–Kier alpha value is -0.270. The first kappa shape index (κ1) is 17.1. The van der Waals surface area contributed by atoms with Crippen molar-refractivity contribution in [2.24, 2.45) is 0 Å². The molecule has 21 heavy (non-hydrogen) atoms. The number of nitrogens with one attached hydrogen (secondary N) is 1. The molecule has 2 atom stereocenters. The summed E-state index contributed by atoms with van der Waals surface area (Å²) in [7, 11) is -3.38. The number of thioether (sulfide) groups is 1. The third-order valence-electron chi connectivity index (χ3n) is 4.17. The molecule has 7 heteroatoms. The lowest BCUT2D eigenvalue weighted by Gasteiger charge is -2.24. The molecular weight excluding hydrogens is 328 g/mol. The van der Waals surface area contributed by atoms with Crippen LogP contribution in [0.5, 0.6) is 0 Å². The Morgan fingerprint density at radius 2 is 1.90 bits per heavy atom. The van der Waals surface area contributed by atoms with E-state index >= 15 is 0 Å². The number of rotatable bonds is 3. The highest BCUT2D eigenvalue weighted by molar-refractivity contribution is 7.99. The lowest BCUT2D eigenvalue weighted by molar-refractivity contribution is 0.382. The van der Waals surface area contributed by atoms with Gasteiger partial charge in [-0.15, -0.1) is 24.2 Å². The molecule has 2 fully saturated rings. The predicted octanol–water partition coefficient (Wildman–Crippen LogP) is 2.35. The minimum absolute atomic E-state index is 0. The van der Waals surface area contributed by atoms with Crippen molar-refractivity contribution < 1.29 is 8.42 Å². The average Bonchev–Trinajstić information content (AvgIpc) is 2.77. The maximum absolute atomic E-state index is 12.9. The molecule has 2 heterocycles. The Labute approximate surface area is 137 Å². The van der Waals surface area contributed by atoms with Crippen LogP contribution in [0, 0.1) is 0 Å². The SMILES string of the molecule is CSc1ccccc1S(=O)(=O)N1CCC2CCC(C1)N2.Cl. The van der Waals surface area contributed by atoms with Gasteiger partial charge in [-0.25, -0.2) is 8.42 Å². The molecule has 3 rings (SSSR count). The number of halogens is 1. The van der Waals surface area contributed by atoms with Crippen molar-refractivity contribution in [3.05, 3.63) is 24.3 Å². The molecule has 1 aromatic rings. The Balaban J connectivity index is 0.00000161. The second-order valence-corrected chi connectivity index (χ2v) is 8.19. The topological polar surface area (TPSA) is 49.4 Å². The van der Waals surface area contributed by atoms with Gasteiger partial charge in [0.15, 0.2) is 0 Å². The monoisotopic (exact) mass is 348 g/mol. The van der Waals surface area contributed by atoms with Gasteiger partial charge in [0.05, 0.1) is 4.90 Å². The zero-order chi connectivity index (χ0) is 14.2. The minimum atomic E-state index is -3.38. The minimum Gasteiger partial charge on any atom is -0.310 e. The molecule has 2 bridgehead atoms. The van der Waals surface area contributed by atoms with Crippen LogP contribution in [-0.4, -0.2) is 44.2 Å². The van der Waals surface area contributed by atoms with E-state index in [1.165, 1.54) is 18.2 Å². The molecule has 0 spiro atoms. The molecular formula is C14H21ClN2O2S2. The van der Waals surface area contributed by atoms with E-state index in [2.05, 4.69) is 5.32 Å². The Kier molecular flexibility index (Phi) is 5.59. The molecule has 2 aliphatic heterocycles. The van der Waals surface area contributed by atoms with Crippen LogP contribution in [0.25, 0.3) is 0 Å². The van der Waals surface area contributed by atoms with Gasteiger partial charge in [-0.05, 0) is 37.7 Å². The fourth-order valence-corrected chi connectivity index (χ4v) is 5.72. The van der Waals surface area contributed by atoms with Crippen LogP contribution in [0.1, 0.15) is 19.3 Å². The van der Waals surface area contributed by atoms with Gasteiger partial charge in [-0.1, -0.05) is 12.1 Å². The standard InChI is InChI=1S/C14H20N2O2S2.ClH/c1-19-13-4-2-3-5-14(13)20(17,18)16-9-8-11-6-7-12(10-16)15-11;/h2-5,11-12,15H,6-10H2,1H3;1H. The first-order valence-corrected chi connectivity index (χ1v) is 9.67. The molecule has 0 aromatic heterocycles. The van der Waals surface area contributed by atoms with Crippen LogP contribution < -0.4 is 5.32 Å². The van der Waals surface area contributed by atoms with E-state index in [-0.39, 0.29) is 12.4 Å². The first-order valence-electron chi connectivity index (χ1n) is 7.00. The summed E-state index contributed by atoms with van der Waals surface area (Å²) >= 11 is 1.49. The van der Waals surface area contributed by atoms with Crippen LogP contribution in [0.3, 0.4) is 0 Å². The van der Waals surface area contributed by atoms with Crippen LogP contribution in [0.15, 0.2) is 34.1 Å². The number of hydrogen-bond acceptors (Lipinski definition) is 4. The Morgan fingerprint density at radius 1 is 1.19 bits per heavy atom. The van der Waals surface area contributed by atoms with Crippen molar-refractivity contribution in [3.63, 3.8) is 0 Å². The number of hydrogen-bond donors (Lipinski definition) is 1. The molecule has 0 radical (unpaired) electrons. The number of sulfonamides is 1. The van der Waals surface area contributed by atoms with E-state index in [1.807, 2.05) is 18.4 Å². The summed E-state index contributed by atoms with van der Waals surface area (Å²) in [5.74, 6) is 0. The molecule has 4 nitrogen and oxygen atoms in total. The Morgan fingerprint density at radius 3 is 2.67 bits per heavy atom. The number of benzene rings is 1. The third-order valence-corrected chi connectivity index (χ3v) is 7.02. The fourth-order valence-electron chi connectivity index (χ4n) is 3.10. The molecule has 1 aromatic carbocycles. The smallest absolute Gasteiger partial charge is 0.244 e. The summed E-state index contributed by atoms with van der Waals surface area (Å²) in [6.45, 7) is 1.22. The highest BCUT2D eigenvalue weighted by Crippen LogP contribution is 2.29. The highest BCUT2D eigenvalue weighted by Gasteiger charge is 2.35. The first-order chi connectivity index (χ1) is 9.61. The molecule has 2 saturated heterocycles. The van der Waals surface area contributed by atoms with E-state index in [4.69, 9.17) is 0 Å². The van der Waals surface area contributed by atoms with Gasteiger partial charge in [0.25, 0.3) is 0 Å². The van der Waals surface area contributed by atoms with Crippen molar-refractivity contribution in [2.75, 3.05) is 19.3 Å². The molecule has 0 aliphatic carbocycles. The number of fused-ring (bicyclic) bond motifs is 2. The summed E-state index contributed by atoms with van der Waals surface area (Å²) in [6.07, 6.45) is 5.10. The van der Waals surface area contributed by atoms with E-state index in [1.54, 1.807) is 16.4 Å². The van der Waals surface area contributed by atoms with E-state index in [0.29, 0.717) is 30.1 Å². The van der Waals surface area contributed by atoms with Gasteiger partial charge in [-0.3, -0.25) is 0 Å². The van der Waals surface area contributed by atoms with E-state index in [9.17, 15) is 8.42 Å². The lowest BCUT2D eigenvalue weighted by Crippen LogP contribution is -2.39. The second kappa shape index (κ2) is 6.87. The Bertz CT molecular complexity index is 594. The van der Waals surface area contributed by atoms with Gasteiger partial charge < -0.3 is 5.32 Å². The fraction of sp³-hybridized carbons (Fsp3) is 0.571. The summed E-state index contributed by atoms with van der Waals surface area (Å²) in [5.41, 5.74) is 0. The van der Waals surface area contributed by atoms with Crippen molar-refractivity contribution in [2.45, 2.75) is 41.1 Å². The molecule has 2 aliphatic rings. The molecule has 2 unspecified atom stereocenters. The summed E-state index contributed by atoms with van der Waals surface area (Å²) in [6, 6.07) is 8.10. The predicted molar refractivity (Wildman–Crippen MR) is 88.8 cm³/mol. The largest absolute Gasteiger partial charge is 0.310 e. The normalized spacial score (nSPS) is 26.1. The maximum Gasteiger partial charge on any atom is 0.244 e. The van der Waals surface area contributed by atoms with Gasteiger partial charge in [0.1, 0.15) is 0 Å².